The minimum Gasteiger partial charge on any atom is -0.323 e. The molecule has 0 aliphatic rings. The number of anilines is 1. The third-order valence-corrected chi connectivity index (χ3v) is 2.61. The van der Waals surface area contributed by atoms with Gasteiger partial charge in [-0.25, -0.2) is 0 Å². The molecule has 0 aliphatic carbocycles. The maximum atomic E-state index is 11.3. The van der Waals surface area contributed by atoms with Crippen molar-refractivity contribution in [2.45, 2.75) is 39.5 Å². The lowest BCUT2D eigenvalue weighted by molar-refractivity contribution is -0.111. The second kappa shape index (κ2) is 7.66. The van der Waals surface area contributed by atoms with E-state index in [4.69, 9.17) is 0 Å². The van der Waals surface area contributed by atoms with Gasteiger partial charge in [0.25, 0.3) is 0 Å². The first-order chi connectivity index (χ1) is 8.26. The van der Waals surface area contributed by atoms with E-state index >= 15 is 0 Å². The molecule has 1 amide bonds. The van der Waals surface area contributed by atoms with Crippen LogP contribution in [0.15, 0.2) is 36.4 Å². The van der Waals surface area contributed by atoms with E-state index in [0.717, 1.165) is 12.1 Å². The van der Waals surface area contributed by atoms with E-state index in [-0.39, 0.29) is 5.91 Å². The molecular weight excluding hydrogens is 210 g/mol. The van der Waals surface area contributed by atoms with Crippen molar-refractivity contribution in [3.8, 4) is 0 Å². The van der Waals surface area contributed by atoms with Crippen molar-refractivity contribution in [3.05, 3.63) is 42.0 Å². The number of rotatable bonds is 6. The summed E-state index contributed by atoms with van der Waals surface area (Å²) in [6.45, 7) is 4.04. The van der Waals surface area contributed by atoms with E-state index in [2.05, 4.69) is 24.4 Å². The Kier molecular flexibility index (Phi) is 6.08. The molecular formula is C15H21NO. The fourth-order valence-electron chi connectivity index (χ4n) is 1.67. The number of allylic oxidation sites excluding steroid dienone is 1. The maximum Gasteiger partial charge on any atom is 0.248 e. The van der Waals surface area contributed by atoms with Crippen LogP contribution in [0.2, 0.25) is 0 Å². The molecule has 2 heteroatoms. The average Bonchev–Trinajstić information content (AvgIpc) is 2.32. The first-order valence-electron chi connectivity index (χ1n) is 6.29. The van der Waals surface area contributed by atoms with Crippen LogP contribution in [-0.4, -0.2) is 5.91 Å². The molecule has 0 saturated heterocycles. The van der Waals surface area contributed by atoms with Gasteiger partial charge in [-0.2, -0.15) is 0 Å². The summed E-state index contributed by atoms with van der Waals surface area (Å²) < 4.78 is 0. The summed E-state index contributed by atoms with van der Waals surface area (Å²) in [6.07, 6.45) is 8.14. The number of hydrogen-bond acceptors (Lipinski definition) is 1. The van der Waals surface area contributed by atoms with Gasteiger partial charge >= 0.3 is 0 Å². The number of amides is 1. The van der Waals surface area contributed by atoms with Crippen LogP contribution >= 0.6 is 0 Å². The molecule has 0 spiro atoms. The zero-order valence-electron chi connectivity index (χ0n) is 10.7. The van der Waals surface area contributed by atoms with Gasteiger partial charge in [-0.15, -0.1) is 0 Å². The van der Waals surface area contributed by atoms with E-state index in [0.29, 0.717) is 0 Å². The van der Waals surface area contributed by atoms with Crippen molar-refractivity contribution >= 4 is 11.6 Å². The van der Waals surface area contributed by atoms with Crippen molar-refractivity contribution in [3.63, 3.8) is 0 Å². The molecule has 1 aromatic carbocycles. The van der Waals surface area contributed by atoms with Crippen LogP contribution in [0.4, 0.5) is 5.69 Å². The molecule has 0 atom stereocenters. The Bertz CT molecular complexity index is 365. The lowest BCUT2D eigenvalue weighted by Gasteiger charge is -2.04. The smallest absolute Gasteiger partial charge is 0.248 e. The van der Waals surface area contributed by atoms with Gasteiger partial charge in [-0.05, 0) is 43.5 Å². The van der Waals surface area contributed by atoms with Crippen LogP contribution in [0, 0.1) is 0 Å². The summed E-state index contributed by atoms with van der Waals surface area (Å²) in [5, 5.41) is 2.81. The molecule has 0 bridgehead atoms. The van der Waals surface area contributed by atoms with Gasteiger partial charge in [0, 0.05) is 5.69 Å². The fraction of sp³-hybridized carbons (Fsp3) is 0.400. The highest BCUT2D eigenvalue weighted by Crippen LogP contribution is 2.12. The van der Waals surface area contributed by atoms with Gasteiger partial charge in [0.05, 0.1) is 0 Å². The molecule has 0 unspecified atom stereocenters. The molecule has 0 saturated carbocycles. The van der Waals surface area contributed by atoms with E-state index in [1.165, 1.54) is 30.9 Å². The van der Waals surface area contributed by atoms with Crippen LogP contribution in [0.1, 0.15) is 38.7 Å². The van der Waals surface area contributed by atoms with Crippen LogP contribution in [0.25, 0.3) is 0 Å². The standard InChI is InChI=1S/C15H21NO/c1-3-5-6-8-13-9-11-14(12-10-13)16-15(17)7-4-2/h4,7,9-12H,3,5-6,8H2,1-2H3,(H,16,17). The van der Waals surface area contributed by atoms with E-state index in [1.807, 2.05) is 19.1 Å². The molecule has 1 N–H and O–H groups in total. The molecule has 0 fully saturated rings. The molecule has 1 rings (SSSR count). The van der Waals surface area contributed by atoms with Crippen molar-refractivity contribution in [2.24, 2.45) is 0 Å². The molecule has 0 aromatic heterocycles. The van der Waals surface area contributed by atoms with Crippen LogP contribution in [0.5, 0.6) is 0 Å². The minimum atomic E-state index is -0.0776. The summed E-state index contributed by atoms with van der Waals surface area (Å²) in [4.78, 5) is 11.3. The highest BCUT2D eigenvalue weighted by molar-refractivity contribution is 5.99. The van der Waals surface area contributed by atoms with Crippen LogP contribution in [-0.2, 0) is 11.2 Å². The molecule has 1 aromatic rings. The fourth-order valence-corrected chi connectivity index (χ4v) is 1.67. The number of nitrogens with one attached hydrogen (secondary N) is 1. The zero-order chi connectivity index (χ0) is 12.5. The van der Waals surface area contributed by atoms with Crippen molar-refractivity contribution < 1.29 is 4.79 Å². The van der Waals surface area contributed by atoms with E-state index in [9.17, 15) is 4.79 Å². The van der Waals surface area contributed by atoms with Gasteiger partial charge in [0.2, 0.25) is 5.91 Å². The van der Waals surface area contributed by atoms with E-state index < -0.39 is 0 Å². The normalized spacial score (nSPS) is 10.7. The number of unbranched alkanes of at least 4 members (excludes halogenated alkanes) is 2. The molecule has 0 radical (unpaired) electrons. The highest BCUT2D eigenvalue weighted by atomic mass is 16.1. The first-order valence-corrected chi connectivity index (χ1v) is 6.29. The quantitative estimate of drug-likeness (QED) is 0.583. The Labute approximate surface area is 104 Å². The van der Waals surface area contributed by atoms with Crippen LogP contribution in [0.3, 0.4) is 0 Å². The maximum absolute atomic E-state index is 11.3. The largest absolute Gasteiger partial charge is 0.323 e. The number of hydrogen-bond donors (Lipinski definition) is 1. The van der Waals surface area contributed by atoms with Gasteiger partial charge in [0.1, 0.15) is 0 Å². The van der Waals surface area contributed by atoms with Crippen molar-refractivity contribution in [1.82, 2.24) is 0 Å². The SMILES string of the molecule is CC=CC(=O)Nc1ccc(CCCCC)cc1. The second-order valence-corrected chi connectivity index (χ2v) is 4.14. The topological polar surface area (TPSA) is 29.1 Å². The summed E-state index contributed by atoms with van der Waals surface area (Å²) >= 11 is 0. The number of carbonyl (C=O) groups excluding carboxylic acids is 1. The van der Waals surface area contributed by atoms with Crippen molar-refractivity contribution in [1.29, 1.82) is 0 Å². The Morgan fingerprint density at radius 1 is 1.24 bits per heavy atom. The predicted molar refractivity (Wildman–Crippen MR) is 73.1 cm³/mol. The summed E-state index contributed by atoms with van der Waals surface area (Å²) in [6, 6.07) is 8.09. The Morgan fingerprint density at radius 3 is 2.53 bits per heavy atom. The molecule has 2 nitrogen and oxygen atoms in total. The number of benzene rings is 1. The minimum absolute atomic E-state index is 0.0776. The van der Waals surface area contributed by atoms with E-state index in [1.54, 1.807) is 6.08 Å². The van der Waals surface area contributed by atoms with Crippen LogP contribution < -0.4 is 5.32 Å². The van der Waals surface area contributed by atoms with Gasteiger partial charge in [-0.1, -0.05) is 38.0 Å². The summed E-state index contributed by atoms with van der Waals surface area (Å²) in [7, 11) is 0. The Hall–Kier alpha value is -1.57. The number of carbonyl (C=O) groups is 1. The predicted octanol–water partition coefficient (Wildman–Crippen LogP) is 3.93. The summed E-state index contributed by atoms with van der Waals surface area (Å²) in [5.74, 6) is -0.0776. The second-order valence-electron chi connectivity index (χ2n) is 4.14. The molecule has 92 valence electrons. The Morgan fingerprint density at radius 2 is 1.94 bits per heavy atom. The summed E-state index contributed by atoms with van der Waals surface area (Å²) in [5.41, 5.74) is 2.19. The van der Waals surface area contributed by atoms with Crippen molar-refractivity contribution in [2.75, 3.05) is 5.32 Å². The molecule has 17 heavy (non-hydrogen) atoms. The average molecular weight is 231 g/mol. The highest BCUT2D eigenvalue weighted by Gasteiger charge is 1.98. The third kappa shape index (κ3) is 5.34. The Balaban J connectivity index is 2.47. The van der Waals surface area contributed by atoms with Gasteiger partial charge in [0.15, 0.2) is 0 Å². The zero-order valence-corrected chi connectivity index (χ0v) is 10.7. The van der Waals surface area contributed by atoms with Gasteiger partial charge < -0.3 is 5.32 Å². The van der Waals surface area contributed by atoms with Gasteiger partial charge in [-0.3, -0.25) is 4.79 Å². The monoisotopic (exact) mass is 231 g/mol. The first kappa shape index (κ1) is 13.5. The third-order valence-electron chi connectivity index (χ3n) is 2.61. The molecule has 0 aliphatic heterocycles. The lowest BCUT2D eigenvalue weighted by atomic mass is 10.1. The lowest BCUT2D eigenvalue weighted by Crippen LogP contribution is -2.07. The number of aryl methyl sites for hydroxylation is 1. The molecule has 0 heterocycles.